The Morgan fingerprint density at radius 2 is 1.68 bits per heavy atom. The van der Waals surface area contributed by atoms with Gasteiger partial charge in [0, 0.05) is 34.9 Å². The highest BCUT2D eigenvalue weighted by Gasteiger charge is 2.42. The van der Waals surface area contributed by atoms with E-state index in [0.717, 1.165) is 57.6 Å². The van der Waals surface area contributed by atoms with Gasteiger partial charge in [0.25, 0.3) is 0 Å². The number of carbonyl (C=O) groups excluding carboxylic acids is 2. The van der Waals surface area contributed by atoms with Gasteiger partial charge in [-0.2, -0.15) is 0 Å². The maximum Gasteiger partial charge on any atom is 0.334 e. The predicted octanol–water partition coefficient (Wildman–Crippen LogP) is 9.52. The highest BCUT2D eigenvalue weighted by Crippen LogP contribution is 2.52. The highest BCUT2D eigenvalue weighted by atomic mass is 16.6. The van der Waals surface area contributed by atoms with Crippen molar-refractivity contribution in [2.24, 2.45) is 28.6 Å². The highest BCUT2D eigenvalue weighted by molar-refractivity contribution is 5.90. The van der Waals surface area contributed by atoms with Crippen molar-refractivity contribution < 1.29 is 23.5 Å². The third-order valence-corrected chi connectivity index (χ3v) is 11.2. The van der Waals surface area contributed by atoms with Crippen molar-refractivity contribution in [1.82, 2.24) is 0 Å². The maximum absolute atomic E-state index is 13.6. The van der Waals surface area contributed by atoms with E-state index in [1.807, 2.05) is 50.2 Å². The van der Waals surface area contributed by atoms with Crippen molar-refractivity contribution in [2.75, 3.05) is 6.61 Å². The summed E-state index contributed by atoms with van der Waals surface area (Å²) in [6, 6.07) is 16.1. The Morgan fingerprint density at radius 1 is 1.00 bits per heavy atom. The van der Waals surface area contributed by atoms with E-state index in [2.05, 4.69) is 50.8 Å². The first kappa shape index (κ1) is 33.1. The quantitative estimate of drug-likeness (QED) is 0.133. The van der Waals surface area contributed by atoms with Gasteiger partial charge in [0.2, 0.25) is 0 Å². The second-order valence-corrected chi connectivity index (χ2v) is 15.3. The second kappa shape index (κ2) is 13.8. The molecule has 2 aliphatic carbocycles. The van der Waals surface area contributed by atoms with Gasteiger partial charge in [-0.05, 0) is 118 Å². The van der Waals surface area contributed by atoms with E-state index in [9.17, 15) is 9.59 Å². The molecule has 1 aromatic heterocycles. The summed E-state index contributed by atoms with van der Waals surface area (Å²) in [4.78, 5) is 26.4. The smallest absolute Gasteiger partial charge is 0.334 e. The monoisotopic (exact) mass is 634 g/mol. The lowest BCUT2D eigenvalue weighted by atomic mass is 9.58. The van der Waals surface area contributed by atoms with Crippen LogP contribution < -0.4 is 0 Å². The van der Waals surface area contributed by atoms with E-state index >= 15 is 0 Å². The van der Waals surface area contributed by atoms with Gasteiger partial charge in [0.1, 0.15) is 24.1 Å². The molecule has 2 saturated carbocycles. The van der Waals surface area contributed by atoms with Crippen molar-refractivity contribution in [3.05, 3.63) is 82.6 Å². The third-order valence-electron chi connectivity index (χ3n) is 11.2. The average molecular weight is 635 g/mol. The van der Waals surface area contributed by atoms with Crippen molar-refractivity contribution in [3.63, 3.8) is 0 Å². The molecule has 2 heterocycles. The summed E-state index contributed by atoms with van der Waals surface area (Å²) >= 11 is 0. The largest absolute Gasteiger partial charge is 0.461 e. The zero-order valence-electron chi connectivity index (χ0n) is 28.8. The standard InChI is InChI=1S/C42H50O5/c1-6-42(7-2,26-36-23-35-21-31(14-15-38(35)46-36)13-12-30-10-8-28(3)9-11-30)40(44)45-27-37-22-34(39(43)47-37)16-17-41(5)24-32-18-29(4)19-33(20-32)25-41/h8-11,14-16,21,23,29,32-33,37H,6-7,17-20,22,24-27H2,1-5H3/b34-16+. The molecule has 1 saturated heterocycles. The van der Waals surface area contributed by atoms with Crippen LogP contribution in [0.25, 0.3) is 11.0 Å². The fourth-order valence-electron chi connectivity index (χ4n) is 8.66. The SMILES string of the molecule is CCC(CC)(Cc1cc2cc(C#Cc3ccc(C)cc3)ccc2o1)C(=O)OCC1C/C(=C\CC2(C)CC3CC(C)CC(C3)C2)C(=O)O1. The molecule has 1 aliphatic heterocycles. The zero-order chi connectivity index (χ0) is 33.2. The van der Waals surface area contributed by atoms with Crippen molar-refractivity contribution in [3.8, 4) is 11.8 Å². The number of esters is 2. The lowest BCUT2D eigenvalue weighted by Crippen LogP contribution is -2.36. The van der Waals surface area contributed by atoms with Crippen LogP contribution in [0.2, 0.25) is 0 Å². The molecule has 0 radical (unpaired) electrons. The number of hydrogen-bond acceptors (Lipinski definition) is 5. The summed E-state index contributed by atoms with van der Waals surface area (Å²) in [5.74, 6) is 9.18. The zero-order valence-corrected chi connectivity index (χ0v) is 28.8. The summed E-state index contributed by atoms with van der Waals surface area (Å²) < 4.78 is 17.8. The Morgan fingerprint density at radius 3 is 2.38 bits per heavy atom. The summed E-state index contributed by atoms with van der Waals surface area (Å²) in [6.07, 6.45) is 11.3. The molecule has 3 atom stereocenters. The first-order chi connectivity index (χ1) is 22.5. The fourth-order valence-corrected chi connectivity index (χ4v) is 8.66. The molecule has 5 nitrogen and oxygen atoms in total. The molecule has 3 aromatic rings. The maximum atomic E-state index is 13.6. The number of benzene rings is 2. The Bertz CT molecular complexity index is 1670. The molecule has 3 aliphatic rings. The van der Waals surface area contributed by atoms with Gasteiger partial charge in [-0.15, -0.1) is 0 Å². The van der Waals surface area contributed by atoms with Crippen molar-refractivity contribution in [1.29, 1.82) is 0 Å². The lowest BCUT2D eigenvalue weighted by molar-refractivity contribution is -0.162. The molecular weight excluding hydrogens is 584 g/mol. The average Bonchev–Trinajstić information content (AvgIpc) is 3.61. The van der Waals surface area contributed by atoms with Gasteiger partial charge in [0.05, 0.1) is 5.41 Å². The minimum Gasteiger partial charge on any atom is -0.461 e. The third kappa shape index (κ3) is 7.69. The number of carbonyl (C=O) groups is 2. The number of ether oxygens (including phenoxy) is 2. The minimum atomic E-state index is -0.728. The van der Waals surface area contributed by atoms with E-state index in [1.165, 1.54) is 37.7 Å². The molecule has 3 unspecified atom stereocenters. The van der Waals surface area contributed by atoms with Crippen LogP contribution in [-0.2, 0) is 25.5 Å². The van der Waals surface area contributed by atoms with Gasteiger partial charge in [-0.3, -0.25) is 4.79 Å². The van der Waals surface area contributed by atoms with E-state index in [0.29, 0.717) is 25.7 Å². The Labute approximate surface area is 280 Å². The Kier molecular flexibility index (Phi) is 9.70. The van der Waals surface area contributed by atoms with Gasteiger partial charge in [0.15, 0.2) is 0 Å². The van der Waals surface area contributed by atoms with Crippen LogP contribution in [0.15, 0.2) is 64.6 Å². The normalized spacial score (nSPS) is 26.6. The van der Waals surface area contributed by atoms with E-state index in [4.69, 9.17) is 13.9 Å². The molecule has 0 amide bonds. The number of allylic oxidation sites excluding steroid dienone is 1. The van der Waals surface area contributed by atoms with Crippen LogP contribution in [-0.4, -0.2) is 24.6 Å². The molecule has 5 heteroatoms. The van der Waals surface area contributed by atoms with Crippen LogP contribution in [0, 0.1) is 47.3 Å². The van der Waals surface area contributed by atoms with E-state index in [-0.39, 0.29) is 24.0 Å². The second-order valence-electron chi connectivity index (χ2n) is 15.3. The fraction of sp³-hybridized carbons (Fsp3) is 0.524. The van der Waals surface area contributed by atoms with Gasteiger partial charge < -0.3 is 13.9 Å². The van der Waals surface area contributed by atoms with Crippen LogP contribution in [0.3, 0.4) is 0 Å². The van der Waals surface area contributed by atoms with Crippen molar-refractivity contribution in [2.45, 2.75) is 105 Å². The Balaban J connectivity index is 1.06. The molecular formula is C42H50O5. The number of rotatable bonds is 9. The Hall–Kier alpha value is -3.78. The number of cyclic esters (lactones) is 1. The number of hydrogen-bond donors (Lipinski definition) is 0. The molecule has 0 N–H and O–H groups in total. The van der Waals surface area contributed by atoms with Crippen LogP contribution in [0.5, 0.6) is 0 Å². The molecule has 0 spiro atoms. The molecule has 6 rings (SSSR count). The van der Waals surface area contributed by atoms with Crippen LogP contribution >= 0.6 is 0 Å². The summed E-state index contributed by atoms with van der Waals surface area (Å²) in [7, 11) is 0. The summed E-state index contributed by atoms with van der Waals surface area (Å²) in [5, 5.41) is 0.960. The molecule has 2 bridgehead atoms. The van der Waals surface area contributed by atoms with E-state index in [1.54, 1.807) is 0 Å². The topological polar surface area (TPSA) is 65.7 Å². The summed E-state index contributed by atoms with van der Waals surface area (Å²) in [5.41, 5.74) is 4.12. The van der Waals surface area contributed by atoms with Gasteiger partial charge in [-0.25, -0.2) is 4.79 Å². The van der Waals surface area contributed by atoms with E-state index < -0.39 is 11.5 Å². The first-order valence-electron chi connectivity index (χ1n) is 17.7. The predicted molar refractivity (Wildman–Crippen MR) is 186 cm³/mol. The molecule has 3 fully saturated rings. The summed E-state index contributed by atoms with van der Waals surface area (Å²) in [6.45, 7) is 11.0. The van der Waals surface area contributed by atoms with Crippen LogP contribution in [0.1, 0.15) is 108 Å². The number of fused-ring (bicyclic) bond motifs is 3. The van der Waals surface area contributed by atoms with Gasteiger partial charge in [-0.1, -0.05) is 63.3 Å². The van der Waals surface area contributed by atoms with Gasteiger partial charge >= 0.3 is 11.9 Å². The number of aryl methyl sites for hydroxylation is 1. The first-order valence-corrected chi connectivity index (χ1v) is 17.7. The molecule has 2 aromatic carbocycles. The molecule has 47 heavy (non-hydrogen) atoms. The minimum absolute atomic E-state index is 0.0755. The number of furan rings is 1. The molecule has 248 valence electrons. The van der Waals surface area contributed by atoms with Crippen LogP contribution in [0.4, 0.5) is 0 Å². The lowest BCUT2D eigenvalue weighted by Gasteiger charge is -2.47. The van der Waals surface area contributed by atoms with Crippen molar-refractivity contribution >= 4 is 22.9 Å².